The SMILES string of the molecule is Cc1cc(OC(C)CC(N)=O)ccc1Cl. The van der Waals surface area contributed by atoms with Crippen LogP contribution < -0.4 is 10.5 Å². The Kier molecular flexibility index (Phi) is 3.97. The highest BCUT2D eigenvalue weighted by molar-refractivity contribution is 6.31. The maximum Gasteiger partial charge on any atom is 0.221 e. The van der Waals surface area contributed by atoms with Gasteiger partial charge in [-0.25, -0.2) is 0 Å². The number of benzene rings is 1. The van der Waals surface area contributed by atoms with Crippen LogP contribution in [0.4, 0.5) is 0 Å². The summed E-state index contributed by atoms with van der Waals surface area (Å²) in [6.45, 7) is 3.70. The molecule has 0 saturated heterocycles. The van der Waals surface area contributed by atoms with Crippen LogP contribution in [0.15, 0.2) is 18.2 Å². The summed E-state index contributed by atoms with van der Waals surface area (Å²) in [6, 6.07) is 5.37. The zero-order valence-corrected chi connectivity index (χ0v) is 9.54. The number of nitrogens with two attached hydrogens (primary N) is 1. The van der Waals surface area contributed by atoms with Gasteiger partial charge in [0.2, 0.25) is 5.91 Å². The van der Waals surface area contributed by atoms with Crippen LogP contribution in [0.2, 0.25) is 5.02 Å². The van der Waals surface area contributed by atoms with Gasteiger partial charge in [-0.3, -0.25) is 4.79 Å². The number of primary amides is 1. The molecular formula is C11H14ClNO2. The van der Waals surface area contributed by atoms with Crippen molar-refractivity contribution in [3.05, 3.63) is 28.8 Å². The number of hydrogen-bond donors (Lipinski definition) is 1. The summed E-state index contributed by atoms with van der Waals surface area (Å²) in [7, 11) is 0. The van der Waals surface area contributed by atoms with Crippen LogP contribution in [0.3, 0.4) is 0 Å². The van der Waals surface area contributed by atoms with Gasteiger partial charge in [-0.15, -0.1) is 0 Å². The molecule has 15 heavy (non-hydrogen) atoms. The Bertz CT molecular complexity index is 366. The van der Waals surface area contributed by atoms with Gasteiger partial charge >= 0.3 is 0 Å². The molecule has 2 N–H and O–H groups in total. The Hall–Kier alpha value is -1.22. The average Bonchev–Trinajstić information content (AvgIpc) is 2.10. The molecule has 0 aliphatic rings. The summed E-state index contributed by atoms with van der Waals surface area (Å²) in [5, 5.41) is 0.699. The first-order valence-electron chi connectivity index (χ1n) is 4.70. The first kappa shape index (κ1) is 11.9. The van der Waals surface area contributed by atoms with E-state index in [9.17, 15) is 4.79 Å². The third-order valence-corrected chi connectivity index (χ3v) is 2.38. The molecule has 1 atom stereocenters. The molecule has 0 bridgehead atoms. The lowest BCUT2D eigenvalue weighted by Crippen LogP contribution is -2.22. The zero-order chi connectivity index (χ0) is 11.4. The number of amides is 1. The minimum atomic E-state index is -0.367. The lowest BCUT2D eigenvalue weighted by molar-refractivity contribution is -0.119. The number of aryl methyl sites for hydroxylation is 1. The molecule has 0 saturated carbocycles. The van der Waals surface area contributed by atoms with E-state index in [0.717, 1.165) is 5.56 Å². The van der Waals surface area contributed by atoms with E-state index in [2.05, 4.69) is 0 Å². The number of carbonyl (C=O) groups excluding carboxylic acids is 1. The quantitative estimate of drug-likeness (QED) is 0.858. The third-order valence-electron chi connectivity index (χ3n) is 1.96. The fraction of sp³-hybridized carbons (Fsp3) is 0.364. The molecule has 0 fully saturated rings. The van der Waals surface area contributed by atoms with E-state index in [1.165, 1.54) is 0 Å². The average molecular weight is 228 g/mol. The van der Waals surface area contributed by atoms with Crippen LogP contribution in [-0.4, -0.2) is 12.0 Å². The number of hydrogen-bond acceptors (Lipinski definition) is 2. The second-order valence-electron chi connectivity index (χ2n) is 3.51. The highest BCUT2D eigenvalue weighted by Crippen LogP contribution is 2.22. The topological polar surface area (TPSA) is 52.3 Å². The summed E-state index contributed by atoms with van der Waals surface area (Å²) < 4.78 is 5.50. The molecule has 1 aromatic carbocycles. The first-order chi connectivity index (χ1) is 6.99. The summed E-state index contributed by atoms with van der Waals surface area (Å²) in [5.74, 6) is 0.332. The predicted octanol–water partition coefficient (Wildman–Crippen LogP) is 2.29. The Balaban J connectivity index is 2.64. The number of ether oxygens (including phenoxy) is 1. The fourth-order valence-corrected chi connectivity index (χ4v) is 1.37. The predicted molar refractivity (Wildman–Crippen MR) is 60.1 cm³/mol. The third kappa shape index (κ3) is 3.80. The van der Waals surface area contributed by atoms with Crippen molar-refractivity contribution in [2.75, 3.05) is 0 Å². The number of rotatable bonds is 4. The molecule has 0 radical (unpaired) electrons. The molecule has 0 heterocycles. The highest BCUT2D eigenvalue weighted by Gasteiger charge is 2.08. The number of carbonyl (C=O) groups is 1. The monoisotopic (exact) mass is 227 g/mol. The second-order valence-corrected chi connectivity index (χ2v) is 3.92. The van der Waals surface area contributed by atoms with Gasteiger partial charge in [-0.1, -0.05) is 11.6 Å². The van der Waals surface area contributed by atoms with Crippen molar-refractivity contribution < 1.29 is 9.53 Å². The Morgan fingerprint density at radius 1 is 1.60 bits per heavy atom. The Morgan fingerprint density at radius 3 is 2.80 bits per heavy atom. The van der Waals surface area contributed by atoms with Crippen LogP contribution >= 0.6 is 11.6 Å². The zero-order valence-electron chi connectivity index (χ0n) is 8.79. The normalized spacial score (nSPS) is 12.2. The summed E-state index contributed by atoms with van der Waals surface area (Å²) >= 11 is 5.87. The van der Waals surface area contributed by atoms with Crippen molar-refractivity contribution >= 4 is 17.5 Å². The van der Waals surface area contributed by atoms with Crippen LogP contribution in [0.25, 0.3) is 0 Å². The summed E-state index contributed by atoms with van der Waals surface area (Å²) in [5.41, 5.74) is 6.01. The summed E-state index contributed by atoms with van der Waals surface area (Å²) in [4.78, 5) is 10.6. The molecule has 82 valence electrons. The van der Waals surface area contributed by atoms with Gasteiger partial charge < -0.3 is 10.5 Å². The fourth-order valence-electron chi connectivity index (χ4n) is 1.25. The Morgan fingerprint density at radius 2 is 2.27 bits per heavy atom. The number of halogens is 1. The molecule has 0 spiro atoms. The van der Waals surface area contributed by atoms with Crippen molar-refractivity contribution in [2.45, 2.75) is 26.4 Å². The van der Waals surface area contributed by atoms with E-state index in [1.807, 2.05) is 13.0 Å². The van der Waals surface area contributed by atoms with Gasteiger partial charge in [0.1, 0.15) is 11.9 Å². The summed E-state index contributed by atoms with van der Waals surface area (Å²) in [6.07, 6.45) is -0.00938. The Labute approximate surface area is 94.2 Å². The van der Waals surface area contributed by atoms with Crippen LogP contribution in [-0.2, 0) is 4.79 Å². The maximum absolute atomic E-state index is 10.6. The van der Waals surface area contributed by atoms with Crippen molar-refractivity contribution in [2.24, 2.45) is 5.73 Å². The van der Waals surface area contributed by atoms with Gasteiger partial charge in [0.05, 0.1) is 6.42 Å². The molecule has 1 unspecified atom stereocenters. The minimum absolute atomic E-state index is 0.210. The lowest BCUT2D eigenvalue weighted by Gasteiger charge is -2.13. The standard InChI is InChI=1S/C11H14ClNO2/c1-7-5-9(3-4-10(7)12)15-8(2)6-11(13)14/h3-5,8H,6H2,1-2H3,(H2,13,14). The van der Waals surface area contributed by atoms with Crippen molar-refractivity contribution in [1.82, 2.24) is 0 Å². The molecule has 3 nitrogen and oxygen atoms in total. The molecule has 0 aromatic heterocycles. The van der Waals surface area contributed by atoms with E-state index < -0.39 is 0 Å². The molecule has 1 rings (SSSR count). The van der Waals surface area contributed by atoms with Gasteiger partial charge in [0.25, 0.3) is 0 Å². The van der Waals surface area contributed by atoms with Crippen LogP contribution in [0.5, 0.6) is 5.75 Å². The molecule has 1 amide bonds. The van der Waals surface area contributed by atoms with Crippen LogP contribution in [0, 0.1) is 6.92 Å². The van der Waals surface area contributed by atoms with E-state index in [0.29, 0.717) is 10.8 Å². The van der Waals surface area contributed by atoms with E-state index in [1.54, 1.807) is 19.1 Å². The van der Waals surface area contributed by atoms with Crippen molar-refractivity contribution in [3.63, 3.8) is 0 Å². The largest absolute Gasteiger partial charge is 0.490 e. The van der Waals surface area contributed by atoms with Crippen molar-refractivity contribution in [1.29, 1.82) is 0 Å². The molecular weight excluding hydrogens is 214 g/mol. The minimum Gasteiger partial charge on any atom is -0.490 e. The smallest absolute Gasteiger partial charge is 0.221 e. The highest BCUT2D eigenvalue weighted by atomic mass is 35.5. The van der Waals surface area contributed by atoms with E-state index >= 15 is 0 Å². The first-order valence-corrected chi connectivity index (χ1v) is 5.08. The van der Waals surface area contributed by atoms with Gasteiger partial charge in [0.15, 0.2) is 0 Å². The van der Waals surface area contributed by atoms with Crippen molar-refractivity contribution in [3.8, 4) is 5.75 Å². The molecule has 4 heteroatoms. The van der Waals surface area contributed by atoms with Gasteiger partial charge in [-0.05, 0) is 37.6 Å². The van der Waals surface area contributed by atoms with Gasteiger partial charge in [-0.2, -0.15) is 0 Å². The molecule has 0 aliphatic heterocycles. The van der Waals surface area contributed by atoms with E-state index in [4.69, 9.17) is 22.1 Å². The lowest BCUT2D eigenvalue weighted by atomic mass is 10.2. The van der Waals surface area contributed by atoms with Crippen LogP contribution in [0.1, 0.15) is 18.9 Å². The maximum atomic E-state index is 10.6. The van der Waals surface area contributed by atoms with E-state index in [-0.39, 0.29) is 18.4 Å². The second kappa shape index (κ2) is 5.03. The molecule has 1 aromatic rings. The molecule has 0 aliphatic carbocycles. The van der Waals surface area contributed by atoms with Gasteiger partial charge in [0, 0.05) is 5.02 Å².